The Kier molecular flexibility index (Phi) is 4.77. The first-order valence-corrected chi connectivity index (χ1v) is 7.60. The lowest BCUT2D eigenvalue weighted by molar-refractivity contribution is 0.313. The van der Waals surface area contributed by atoms with Crippen LogP contribution in [0.15, 0.2) is 10.1 Å². The van der Waals surface area contributed by atoms with Gasteiger partial charge < -0.3 is 10.9 Å². The lowest BCUT2D eigenvalue weighted by atomic mass is 10.1. The summed E-state index contributed by atoms with van der Waals surface area (Å²) in [5.41, 5.74) is 6.46. The molecule has 0 saturated heterocycles. The molecule has 0 fully saturated rings. The number of nitrogens with zero attached hydrogens (tertiary/aromatic N) is 3. The van der Waals surface area contributed by atoms with E-state index in [1.807, 2.05) is 0 Å². The van der Waals surface area contributed by atoms with Crippen LogP contribution in [0.4, 0.5) is 0 Å². The molecule has 1 aromatic rings. The minimum Gasteiger partial charge on any atom is -0.409 e. The zero-order valence-electron chi connectivity index (χ0n) is 12.2. The average molecular weight is 303 g/mol. The van der Waals surface area contributed by atoms with E-state index in [0.29, 0.717) is 11.4 Å². The fourth-order valence-electron chi connectivity index (χ4n) is 1.97. The summed E-state index contributed by atoms with van der Waals surface area (Å²) in [6, 6.07) is -0.788. The molecule has 8 nitrogen and oxygen atoms in total. The van der Waals surface area contributed by atoms with Gasteiger partial charge in [-0.1, -0.05) is 19.0 Å². The van der Waals surface area contributed by atoms with Crippen LogP contribution in [-0.2, 0) is 17.1 Å². The second kappa shape index (κ2) is 5.80. The van der Waals surface area contributed by atoms with Crippen molar-refractivity contribution in [2.45, 2.75) is 38.6 Å². The summed E-state index contributed by atoms with van der Waals surface area (Å²) in [6.45, 7) is 6.83. The fourth-order valence-corrected chi connectivity index (χ4v) is 3.77. The number of amidine groups is 1. The monoisotopic (exact) mass is 303 g/mol. The van der Waals surface area contributed by atoms with Gasteiger partial charge in [-0.2, -0.15) is 5.10 Å². The molecule has 9 heteroatoms. The van der Waals surface area contributed by atoms with Gasteiger partial charge in [0, 0.05) is 7.05 Å². The van der Waals surface area contributed by atoms with E-state index in [0.717, 1.165) is 0 Å². The van der Waals surface area contributed by atoms with Crippen LogP contribution >= 0.6 is 0 Å². The maximum Gasteiger partial charge on any atom is 0.244 e. The highest BCUT2D eigenvalue weighted by atomic mass is 32.2. The zero-order valence-corrected chi connectivity index (χ0v) is 13.1. The van der Waals surface area contributed by atoms with Gasteiger partial charge in [-0.25, -0.2) is 13.1 Å². The minimum absolute atomic E-state index is 0.122. The third-order valence-corrected chi connectivity index (χ3v) is 4.79. The Morgan fingerprint density at radius 2 is 2.00 bits per heavy atom. The maximum atomic E-state index is 12.5. The quantitative estimate of drug-likeness (QED) is 0.308. The van der Waals surface area contributed by atoms with Gasteiger partial charge in [0.15, 0.2) is 5.84 Å². The van der Waals surface area contributed by atoms with Crippen molar-refractivity contribution in [2.75, 3.05) is 0 Å². The molecule has 1 heterocycles. The Hall–Kier alpha value is -1.61. The fraction of sp³-hybridized carbons (Fsp3) is 0.636. The van der Waals surface area contributed by atoms with Crippen molar-refractivity contribution in [1.82, 2.24) is 14.5 Å². The molecule has 0 spiro atoms. The summed E-state index contributed by atoms with van der Waals surface area (Å²) in [7, 11) is -2.13. The summed E-state index contributed by atoms with van der Waals surface area (Å²) in [5, 5.41) is 15.7. The van der Waals surface area contributed by atoms with Crippen molar-refractivity contribution < 1.29 is 13.6 Å². The number of aryl methyl sites for hydroxylation is 2. The topological polar surface area (TPSA) is 123 Å². The number of sulfonamides is 1. The third-order valence-electron chi connectivity index (χ3n) is 3.09. The van der Waals surface area contributed by atoms with E-state index in [2.05, 4.69) is 15.0 Å². The Morgan fingerprint density at radius 1 is 1.45 bits per heavy atom. The van der Waals surface area contributed by atoms with Gasteiger partial charge in [0.2, 0.25) is 10.0 Å². The van der Waals surface area contributed by atoms with Crippen LogP contribution in [0.1, 0.15) is 25.2 Å². The van der Waals surface area contributed by atoms with Gasteiger partial charge in [0.25, 0.3) is 0 Å². The van der Waals surface area contributed by atoms with E-state index in [1.54, 1.807) is 34.7 Å². The number of rotatable bonds is 5. The summed E-state index contributed by atoms with van der Waals surface area (Å²) in [4.78, 5) is 0.122. The summed E-state index contributed by atoms with van der Waals surface area (Å²) < 4.78 is 28.9. The van der Waals surface area contributed by atoms with Crippen molar-refractivity contribution in [1.29, 1.82) is 0 Å². The first-order valence-electron chi connectivity index (χ1n) is 6.11. The number of hydrogen-bond donors (Lipinski definition) is 3. The van der Waals surface area contributed by atoms with E-state index >= 15 is 0 Å². The van der Waals surface area contributed by atoms with Crippen molar-refractivity contribution in [3.05, 3.63) is 11.4 Å². The highest BCUT2D eigenvalue weighted by molar-refractivity contribution is 7.89. The molecule has 1 unspecified atom stereocenters. The molecule has 0 saturated carbocycles. The Bertz CT molecular complexity index is 618. The van der Waals surface area contributed by atoms with E-state index in [-0.39, 0.29) is 16.6 Å². The summed E-state index contributed by atoms with van der Waals surface area (Å²) in [6.07, 6.45) is 0. The molecule has 0 bridgehead atoms. The van der Waals surface area contributed by atoms with E-state index in [1.165, 1.54) is 4.68 Å². The Balaban J connectivity index is 3.24. The summed E-state index contributed by atoms with van der Waals surface area (Å²) in [5.74, 6) is -0.347. The van der Waals surface area contributed by atoms with Crippen LogP contribution in [-0.4, -0.2) is 35.3 Å². The molecule has 1 rings (SSSR count). The van der Waals surface area contributed by atoms with Gasteiger partial charge >= 0.3 is 0 Å². The van der Waals surface area contributed by atoms with Gasteiger partial charge in [-0.15, -0.1) is 0 Å². The molecule has 1 aromatic heterocycles. The van der Waals surface area contributed by atoms with Crippen molar-refractivity contribution in [2.24, 2.45) is 23.9 Å². The predicted molar refractivity (Wildman–Crippen MR) is 75.0 cm³/mol. The highest BCUT2D eigenvalue weighted by Crippen LogP contribution is 2.19. The molecule has 1 atom stereocenters. The normalized spacial score (nSPS) is 14.8. The number of nitrogens with one attached hydrogen (secondary N) is 1. The van der Waals surface area contributed by atoms with Crippen LogP contribution in [0.25, 0.3) is 0 Å². The molecule has 4 N–H and O–H groups in total. The first-order chi connectivity index (χ1) is 9.11. The van der Waals surface area contributed by atoms with Gasteiger partial charge in [0.05, 0.1) is 17.4 Å². The Labute approximate surface area is 118 Å². The molecular formula is C11H21N5O3S. The Morgan fingerprint density at radius 3 is 2.35 bits per heavy atom. The van der Waals surface area contributed by atoms with Crippen LogP contribution in [0.3, 0.4) is 0 Å². The molecule has 0 amide bonds. The maximum absolute atomic E-state index is 12.5. The number of aromatic nitrogens is 2. The van der Waals surface area contributed by atoms with Crippen LogP contribution in [0.5, 0.6) is 0 Å². The van der Waals surface area contributed by atoms with Crippen molar-refractivity contribution in [3.8, 4) is 0 Å². The smallest absolute Gasteiger partial charge is 0.244 e. The molecule has 0 aliphatic rings. The van der Waals surface area contributed by atoms with Gasteiger partial charge in [-0.05, 0) is 19.8 Å². The van der Waals surface area contributed by atoms with Crippen LogP contribution < -0.4 is 10.5 Å². The molecule has 0 radical (unpaired) electrons. The standard InChI is InChI=1S/C11H21N5O3S/c1-6(2)9(11(12)14-17)15-20(18,19)10-7(3)13-16(5)8(10)4/h6,9,15,17H,1-5H3,(H2,12,14). The molecule has 20 heavy (non-hydrogen) atoms. The largest absolute Gasteiger partial charge is 0.409 e. The van der Waals surface area contributed by atoms with Crippen molar-refractivity contribution in [3.63, 3.8) is 0 Å². The van der Waals surface area contributed by atoms with E-state index in [9.17, 15) is 8.42 Å². The average Bonchev–Trinajstić information content (AvgIpc) is 2.59. The lowest BCUT2D eigenvalue weighted by Crippen LogP contribution is -2.47. The first kappa shape index (κ1) is 16.4. The molecular weight excluding hydrogens is 282 g/mol. The third kappa shape index (κ3) is 3.10. The second-order valence-electron chi connectivity index (χ2n) is 4.99. The molecule has 0 aromatic carbocycles. The number of oxime groups is 1. The van der Waals surface area contributed by atoms with Gasteiger partial charge in [-0.3, -0.25) is 4.68 Å². The number of nitrogens with two attached hydrogens (primary N) is 1. The predicted octanol–water partition coefficient (Wildman–Crippen LogP) is 0.0862. The van der Waals surface area contributed by atoms with Crippen molar-refractivity contribution >= 4 is 15.9 Å². The SMILES string of the molecule is Cc1nn(C)c(C)c1S(=O)(=O)NC(C(N)=NO)C(C)C. The van der Waals surface area contributed by atoms with E-state index in [4.69, 9.17) is 10.9 Å². The zero-order chi connectivity index (χ0) is 15.7. The van der Waals surface area contributed by atoms with Crippen LogP contribution in [0, 0.1) is 19.8 Å². The molecule has 0 aliphatic carbocycles. The lowest BCUT2D eigenvalue weighted by Gasteiger charge is -2.20. The van der Waals surface area contributed by atoms with Gasteiger partial charge in [0.1, 0.15) is 4.90 Å². The second-order valence-corrected chi connectivity index (χ2v) is 6.64. The molecule has 114 valence electrons. The minimum atomic E-state index is -3.81. The summed E-state index contributed by atoms with van der Waals surface area (Å²) >= 11 is 0. The highest BCUT2D eigenvalue weighted by Gasteiger charge is 2.29. The number of hydrogen-bond acceptors (Lipinski definition) is 5. The van der Waals surface area contributed by atoms with E-state index < -0.39 is 16.1 Å². The molecule has 0 aliphatic heterocycles. The van der Waals surface area contributed by atoms with Crippen LogP contribution in [0.2, 0.25) is 0 Å².